The molecule has 0 aromatic carbocycles. The molecule has 0 aliphatic heterocycles. The topological polar surface area (TPSA) is 237 Å². The molecule has 0 heterocycles. The summed E-state index contributed by atoms with van der Waals surface area (Å²) >= 11 is 0. The third-order valence-corrected chi connectivity index (χ3v) is 15.9. The van der Waals surface area contributed by atoms with Crippen molar-refractivity contribution in [1.82, 2.24) is 0 Å². The third kappa shape index (κ3) is 67.3. The summed E-state index contributed by atoms with van der Waals surface area (Å²) in [6.07, 6.45) is 77.0. The number of esters is 4. The van der Waals surface area contributed by atoms with Crippen molar-refractivity contribution < 1.29 is 80.2 Å². The van der Waals surface area contributed by atoms with Crippen LogP contribution in [0.4, 0.5) is 0 Å². The van der Waals surface area contributed by atoms with Crippen molar-refractivity contribution in [3.05, 3.63) is 158 Å². The number of carbonyl (C=O) groups excluding carboxylic acids is 4. The lowest BCUT2D eigenvalue weighted by molar-refractivity contribution is -0.161. The first-order valence-corrected chi connectivity index (χ1v) is 38.7. The molecule has 0 spiro atoms. The summed E-state index contributed by atoms with van der Waals surface area (Å²) in [5, 5.41) is 10.6. The maximum atomic E-state index is 13.0. The van der Waals surface area contributed by atoms with Gasteiger partial charge in [-0.1, -0.05) is 218 Å². The number of phosphoric ester groups is 2. The van der Waals surface area contributed by atoms with Crippen molar-refractivity contribution in [2.45, 2.75) is 264 Å². The Morgan fingerprint density at radius 3 is 0.865 bits per heavy atom. The van der Waals surface area contributed by atoms with Crippen LogP contribution in [-0.2, 0) is 65.4 Å². The molecule has 0 amide bonds. The van der Waals surface area contributed by atoms with Gasteiger partial charge in [0.2, 0.25) is 0 Å². The highest BCUT2D eigenvalue weighted by atomic mass is 31.2. The average Bonchev–Trinajstić information content (AvgIpc) is 1.09. The fourth-order valence-corrected chi connectivity index (χ4v) is 10.2. The number of hydrogen-bond donors (Lipinski definition) is 3. The molecule has 5 atom stereocenters. The smallest absolute Gasteiger partial charge is 0.462 e. The lowest BCUT2D eigenvalue weighted by Gasteiger charge is -2.21. The molecule has 0 rings (SSSR count). The number of rotatable bonds is 65. The maximum absolute atomic E-state index is 13.0. The van der Waals surface area contributed by atoms with Crippen LogP contribution in [0.1, 0.15) is 246 Å². The summed E-state index contributed by atoms with van der Waals surface area (Å²) in [5.41, 5.74) is 0. The molecule has 96 heavy (non-hydrogen) atoms. The largest absolute Gasteiger partial charge is 0.472 e. The van der Waals surface area contributed by atoms with Crippen LogP contribution in [0.3, 0.4) is 0 Å². The van der Waals surface area contributed by atoms with Crippen LogP contribution in [0.2, 0.25) is 0 Å². The molecule has 0 aromatic rings. The Bertz CT molecular complexity index is 2450. The second-order valence-corrected chi connectivity index (χ2v) is 25.9. The van der Waals surface area contributed by atoms with Crippen LogP contribution in [-0.4, -0.2) is 96.7 Å². The Hall–Kier alpha value is -5.32. The Morgan fingerprint density at radius 1 is 0.302 bits per heavy atom. The lowest BCUT2D eigenvalue weighted by atomic mass is 10.1. The molecular weight excluding hydrogens is 1260 g/mol. The summed E-state index contributed by atoms with van der Waals surface area (Å²) in [6, 6.07) is 0. The molecule has 0 aliphatic carbocycles. The van der Waals surface area contributed by atoms with Gasteiger partial charge in [-0.25, -0.2) is 9.13 Å². The number of hydrogen-bond acceptors (Lipinski definition) is 15. The molecule has 0 bridgehead atoms. The van der Waals surface area contributed by atoms with Crippen molar-refractivity contribution in [2.75, 3.05) is 39.6 Å². The molecule has 5 unspecified atom stereocenters. The van der Waals surface area contributed by atoms with Crippen LogP contribution in [0.5, 0.6) is 0 Å². The number of ether oxygens (including phenoxy) is 4. The van der Waals surface area contributed by atoms with E-state index in [-0.39, 0.29) is 25.7 Å². The molecule has 19 heteroatoms. The molecule has 0 radical (unpaired) electrons. The van der Waals surface area contributed by atoms with E-state index in [0.29, 0.717) is 32.1 Å². The Morgan fingerprint density at radius 2 is 0.542 bits per heavy atom. The van der Waals surface area contributed by atoms with Gasteiger partial charge in [0.1, 0.15) is 19.3 Å². The summed E-state index contributed by atoms with van der Waals surface area (Å²) in [5.74, 6) is -2.35. The van der Waals surface area contributed by atoms with Gasteiger partial charge in [-0.15, -0.1) is 0 Å². The molecule has 0 aromatic heterocycles. The summed E-state index contributed by atoms with van der Waals surface area (Å²) < 4.78 is 68.1. The quantitative estimate of drug-likeness (QED) is 0.0169. The van der Waals surface area contributed by atoms with Crippen LogP contribution < -0.4 is 0 Å². The van der Waals surface area contributed by atoms with E-state index in [1.54, 1.807) is 0 Å². The van der Waals surface area contributed by atoms with Crippen LogP contribution in [0, 0.1) is 0 Å². The molecule has 544 valence electrons. The number of phosphoric acid groups is 2. The number of aliphatic hydroxyl groups is 1. The predicted octanol–water partition coefficient (Wildman–Crippen LogP) is 20.1. The van der Waals surface area contributed by atoms with Gasteiger partial charge < -0.3 is 33.8 Å². The Labute approximate surface area is 579 Å². The van der Waals surface area contributed by atoms with E-state index >= 15 is 0 Å². The molecule has 3 N–H and O–H groups in total. The van der Waals surface area contributed by atoms with Crippen LogP contribution in [0.15, 0.2) is 158 Å². The van der Waals surface area contributed by atoms with Gasteiger partial charge in [-0.05, 0) is 161 Å². The van der Waals surface area contributed by atoms with Crippen LogP contribution >= 0.6 is 15.6 Å². The molecule has 17 nitrogen and oxygen atoms in total. The molecule has 0 aliphatic rings. The van der Waals surface area contributed by atoms with Gasteiger partial charge in [-0.3, -0.25) is 37.3 Å². The second kappa shape index (κ2) is 68.2. The fourth-order valence-electron chi connectivity index (χ4n) is 8.58. The highest BCUT2D eigenvalue weighted by Gasteiger charge is 2.30. The minimum atomic E-state index is -5.00. The normalized spacial score (nSPS) is 14.9. The minimum absolute atomic E-state index is 0.0269. The second-order valence-electron chi connectivity index (χ2n) is 23.0. The van der Waals surface area contributed by atoms with Gasteiger partial charge in [-0.2, -0.15) is 0 Å². The molecule has 0 saturated carbocycles. The van der Waals surface area contributed by atoms with Crippen molar-refractivity contribution in [3.8, 4) is 0 Å². The molecule has 0 saturated heterocycles. The van der Waals surface area contributed by atoms with E-state index in [9.17, 15) is 43.2 Å². The molecular formula is C77H124O17P2. The number of unbranched alkanes of at least 4 members (excludes halogenated alkanes) is 13. The van der Waals surface area contributed by atoms with Crippen LogP contribution in [0.25, 0.3) is 0 Å². The Kier molecular flexibility index (Phi) is 64.4. The first-order chi connectivity index (χ1) is 46.7. The average molecular weight is 1380 g/mol. The zero-order valence-corrected chi connectivity index (χ0v) is 60.8. The summed E-state index contributed by atoms with van der Waals surface area (Å²) in [4.78, 5) is 72.6. The lowest BCUT2D eigenvalue weighted by Crippen LogP contribution is -2.30. The van der Waals surface area contributed by atoms with E-state index in [2.05, 4.69) is 180 Å². The monoisotopic (exact) mass is 1380 g/mol. The number of aliphatic hydroxyl groups excluding tert-OH is 1. The zero-order chi connectivity index (χ0) is 70.4. The fraction of sp³-hybridized carbons (Fsp3) is 0.610. The van der Waals surface area contributed by atoms with Crippen molar-refractivity contribution >= 4 is 39.5 Å². The van der Waals surface area contributed by atoms with Gasteiger partial charge in [0, 0.05) is 25.7 Å². The van der Waals surface area contributed by atoms with E-state index in [1.807, 2.05) is 6.08 Å². The van der Waals surface area contributed by atoms with E-state index in [1.165, 1.54) is 12.8 Å². The van der Waals surface area contributed by atoms with E-state index in [4.69, 9.17) is 37.0 Å². The van der Waals surface area contributed by atoms with Gasteiger partial charge >= 0.3 is 39.5 Å². The highest BCUT2D eigenvalue weighted by molar-refractivity contribution is 7.47. The maximum Gasteiger partial charge on any atom is 0.472 e. The van der Waals surface area contributed by atoms with Gasteiger partial charge in [0.25, 0.3) is 0 Å². The summed E-state index contributed by atoms with van der Waals surface area (Å²) in [6.45, 7) is 4.28. The number of allylic oxidation sites excluding steroid dienone is 26. The van der Waals surface area contributed by atoms with E-state index in [0.717, 1.165) is 148 Å². The standard InChI is InChI=1S/C77H124O17P2/c1-5-9-13-17-21-25-29-32-35-38-42-45-49-53-57-61-74(79)87-67-72(93-76(81)63-59-55-51-47-41-28-24-20-16-12-8-4)69-91-95(83,84)89-65-71(78)66-90-96(85,86)92-70-73(94-77(82)64-60-56-52-48-44-40-37-34-31-27-23-19-15-11-7-3)68-88-75(80)62-58-54-50-46-43-39-36-33-30-26-22-18-14-10-6-2/h9-11,13-15,20-27,32-37,42-46,48,71-73,78H,5-8,12,16-19,28-31,38-41,47,49-70H2,1-4H3,(H,83,84)(H,85,86)/b13-9-,14-10-,15-11-,24-20-,25-21-,26-22-,27-23-,35-32-,36-33-,37-34-,45-42-,46-43-,48-44-. The van der Waals surface area contributed by atoms with Crippen molar-refractivity contribution in [2.24, 2.45) is 0 Å². The molecule has 0 fully saturated rings. The SMILES string of the molecule is CC/C=C\C/C=C\C/C=C\C/C=C\CCCCC(=O)OCC(COP(=O)(O)OCC(O)COP(=O)(O)OCC(COC(=O)CCCC/C=C\C/C=C\C/C=C\C/C=C\CC)OC(=O)CCCCCCC/C=C\CCCC)OC(=O)CCCC/C=C\C/C=C\C/C=C\C/C=C\CC. The van der Waals surface area contributed by atoms with Crippen molar-refractivity contribution in [1.29, 1.82) is 0 Å². The highest BCUT2D eigenvalue weighted by Crippen LogP contribution is 2.45. The van der Waals surface area contributed by atoms with Gasteiger partial charge in [0.15, 0.2) is 12.2 Å². The van der Waals surface area contributed by atoms with E-state index < -0.39 is 97.5 Å². The predicted molar refractivity (Wildman–Crippen MR) is 390 cm³/mol. The first-order valence-electron chi connectivity index (χ1n) is 35.7. The third-order valence-electron chi connectivity index (χ3n) is 14.0. The summed E-state index contributed by atoms with van der Waals surface area (Å²) in [7, 11) is -9.99. The first kappa shape index (κ1) is 90.7. The zero-order valence-electron chi connectivity index (χ0n) is 59.0. The number of carbonyl (C=O) groups is 4. The van der Waals surface area contributed by atoms with Gasteiger partial charge in [0.05, 0.1) is 26.4 Å². The minimum Gasteiger partial charge on any atom is -0.462 e. The van der Waals surface area contributed by atoms with Crippen molar-refractivity contribution in [3.63, 3.8) is 0 Å². The Balaban J connectivity index is 5.46.